The molecule has 1 rings (SSSR count). The van der Waals surface area contributed by atoms with Crippen molar-refractivity contribution in [1.82, 2.24) is 5.43 Å². The number of ether oxygens (including phenoxy) is 1. The smallest absolute Gasteiger partial charge is 0.277 e. The van der Waals surface area contributed by atoms with E-state index in [-0.39, 0.29) is 12.5 Å². The van der Waals surface area contributed by atoms with E-state index < -0.39 is 0 Å². The van der Waals surface area contributed by atoms with Gasteiger partial charge in [-0.3, -0.25) is 4.79 Å². The maximum Gasteiger partial charge on any atom is 0.277 e. The van der Waals surface area contributed by atoms with Crippen LogP contribution < -0.4 is 10.2 Å². The number of carbonyl (C=O) groups is 1. The molecule has 0 aliphatic rings. The van der Waals surface area contributed by atoms with Crippen molar-refractivity contribution >= 4 is 23.2 Å². The molecule has 4 nitrogen and oxygen atoms in total. The van der Waals surface area contributed by atoms with Gasteiger partial charge in [-0.15, -0.1) is 0 Å². The first-order chi connectivity index (χ1) is 9.38. The summed E-state index contributed by atoms with van der Waals surface area (Å²) >= 11 is 5.85. The van der Waals surface area contributed by atoms with Gasteiger partial charge in [0, 0.05) is 10.7 Å². The zero-order chi connectivity index (χ0) is 15.1. The van der Waals surface area contributed by atoms with Crippen LogP contribution in [0, 0.1) is 12.8 Å². The number of rotatable bonds is 6. The van der Waals surface area contributed by atoms with Gasteiger partial charge in [-0.2, -0.15) is 5.10 Å². The highest BCUT2D eigenvalue weighted by atomic mass is 35.5. The van der Waals surface area contributed by atoms with E-state index in [2.05, 4.69) is 24.4 Å². The summed E-state index contributed by atoms with van der Waals surface area (Å²) in [7, 11) is 0. The molecule has 0 atom stereocenters. The topological polar surface area (TPSA) is 50.7 Å². The van der Waals surface area contributed by atoms with Crippen molar-refractivity contribution in [2.24, 2.45) is 11.0 Å². The molecule has 1 aromatic rings. The van der Waals surface area contributed by atoms with Gasteiger partial charge < -0.3 is 4.74 Å². The Morgan fingerprint density at radius 1 is 1.45 bits per heavy atom. The van der Waals surface area contributed by atoms with E-state index in [1.54, 1.807) is 18.2 Å². The molecule has 5 heteroatoms. The lowest BCUT2D eigenvalue weighted by atomic mass is 10.1. The van der Waals surface area contributed by atoms with Gasteiger partial charge >= 0.3 is 0 Å². The largest absolute Gasteiger partial charge is 0.483 e. The molecule has 0 radical (unpaired) electrons. The van der Waals surface area contributed by atoms with Gasteiger partial charge in [0.25, 0.3) is 5.91 Å². The van der Waals surface area contributed by atoms with E-state index in [1.165, 1.54) is 0 Å². The molecule has 0 fully saturated rings. The third-order valence-corrected chi connectivity index (χ3v) is 2.81. The van der Waals surface area contributed by atoms with Gasteiger partial charge in [0.2, 0.25) is 0 Å². The fourth-order valence-electron chi connectivity index (χ4n) is 1.74. The molecular formula is C15H21ClN2O2. The first-order valence-electron chi connectivity index (χ1n) is 6.59. The van der Waals surface area contributed by atoms with Crippen LogP contribution in [-0.2, 0) is 4.79 Å². The van der Waals surface area contributed by atoms with Crippen molar-refractivity contribution < 1.29 is 9.53 Å². The van der Waals surface area contributed by atoms with Gasteiger partial charge in [0.05, 0.1) is 0 Å². The summed E-state index contributed by atoms with van der Waals surface area (Å²) in [4.78, 5) is 11.6. The fourth-order valence-corrected chi connectivity index (χ4v) is 1.97. The monoisotopic (exact) mass is 296 g/mol. The number of hydrogen-bond acceptors (Lipinski definition) is 3. The summed E-state index contributed by atoms with van der Waals surface area (Å²) in [5.74, 6) is 0.888. The van der Waals surface area contributed by atoms with Crippen LogP contribution in [0.2, 0.25) is 5.02 Å². The molecule has 110 valence electrons. The first-order valence-corrected chi connectivity index (χ1v) is 6.97. The minimum Gasteiger partial charge on any atom is -0.483 e. The molecule has 0 unspecified atom stereocenters. The summed E-state index contributed by atoms with van der Waals surface area (Å²) in [6.07, 6.45) is 0.859. The predicted octanol–water partition coefficient (Wildman–Crippen LogP) is 3.57. The molecule has 0 spiro atoms. The number of hydrogen-bond donors (Lipinski definition) is 1. The second-order valence-corrected chi connectivity index (χ2v) is 5.61. The van der Waals surface area contributed by atoms with E-state index in [0.717, 1.165) is 17.7 Å². The van der Waals surface area contributed by atoms with E-state index >= 15 is 0 Å². The molecule has 0 saturated heterocycles. The molecule has 0 aromatic heterocycles. The number of nitrogens with zero attached hydrogens (tertiary/aromatic N) is 1. The van der Waals surface area contributed by atoms with E-state index in [4.69, 9.17) is 16.3 Å². The Morgan fingerprint density at radius 3 is 2.75 bits per heavy atom. The van der Waals surface area contributed by atoms with Gasteiger partial charge in [-0.1, -0.05) is 25.4 Å². The SMILES string of the molecule is C/C(CC(C)C)=N\NC(=O)COc1ccc(Cl)cc1C. The zero-order valence-electron chi connectivity index (χ0n) is 12.4. The summed E-state index contributed by atoms with van der Waals surface area (Å²) in [6.45, 7) is 7.91. The lowest BCUT2D eigenvalue weighted by Gasteiger charge is -2.09. The molecule has 1 amide bonds. The van der Waals surface area contributed by atoms with Crippen LogP contribution in [0.25, 0.3) is 0 Å². The Morgan fingerprint density at radius 2 is 2.15 bits per heavy atom. The fraction of sp³-hybridized carbons (Fsp3) is 0.467. The van der Waals surface area contributed by atoms with Gasteiger partial charge in [-0.25, -0.2) is 5.43 Å². The first kappa shape index (κ1) is 16.5. The van der Waals surface area contributed by atoms with Gasteiger partial charge in [-0.05, 0) is 49.9 Å². The zero-order valence-corrected chi connectivity index (χ0v) is 13.1. The molecule has 1 aromatic carbocycles. The molecular weight excluding hydrogens is 276 g/mol. The number of aryl methyl sites for hydroxylation is 1. The van der Waals surface area contributed by atoms with Crippen LogP contribution >= 0.6 is 11.6 Å². The molecule has 0 aliphatic carbocycles. The number of benzene rings is 1. The molecule has 0 saturated carbocycles. The van der Waals surface area contributed by atoms with Gasteiger partial charge in [0.15, 0.2) is 6.61 Å². The number of hydrazone groups is 1. The standard InChI is InChI=1S/C15H21ClN2O2/c1-10(2)7-12(4)17-18-15(19)9-20-14-6-5-13(16)8-11(14)3/h5-6,8,10H,7,9H2,1-4H3,(H,18,19)/b17-12+. The van der Waals surface area contributed by atoms with E-state index in [9.17, 15) is 4.79 Å². The number of carbonyl (C=O) groups excluding carboxylic acids is 1. The Labute approximate surface area is 125 Å². The Balaban J connectivity index is 2.43. The van der Waals surface area contributed by atoms with Gasteiger partial charge in [0.1, 0.15) is 5.75 Å². The second kappa shape index (κ2) is 7.90. The van der Waals surface area contributed by atoms with Crippen LogP contribution in [0.5, 0.6) is 5.75 Å². The molecule has 0 aliphatic heterocycles. The molecule has 0 heterocycles. The Hall–Kier alpha value is -1.55. The average molecular weight is 297 g/mol. The quantitative estimate of drug-likeness (QED) is 0.644. The molecule has 1 N–H and O–H groups in total. The summed E-state index contributed by atoms with van der Waals surface area (Å²) in [5.41, 5.74) is 4.28. The second-order valence-electron chi connectivity index (χ2n) is 5.18. The normalized spacial score (nSPS) is 11.6. The summed E-state index contributed by atoms with van der Waals surface area (Å²) < 4.78 is 5.43. The van der Waals surface area contributed by atoms with Crippen molar-refractivity contribution in [3.05, 3.63) is 28.8 Å². The van der Waals surface area contributed by atoms with Crippen LogP contribution in [0.15, 0.2) is 23.3 Å². The van der Waals surface area contributed by atoms with Crippen molar-refractivity contribution in [1.29, 1.82) is 0 Å². The number of amides is 1. The van der Waals surface area contributed by atoms with Crippen LogP contribution in [0.3, 0.4) is 0 Å². The minimum atomic E-state index is -0.276. The van der Waals surface area contributed by atoms with E-state index in [0.29, 0.717) is 16.7 Å². The highest BCUT2D eigenvalue weighted by Crippen LogP contribution is 2.21. The summed E-state index contributed by atoms with van der Waals surface area (Å²) in [6, 6.07) is 5.27. The maximum atomic E-state index is 11.6. The molecule has 0 bridgehead atoms. The van der Waals surface area contributed by atoms with E-state index in [1.807, 2.05) is 13.8 Å². The Kier molecular flexibility index (Phi) is 6.52. The third kappa shape index (κ3) is 6.06. The van der Waals surface area contributed by atoms with Crippen LogP contribution in [0.4, 0.5) is 0 Å². The van der Waals surface area contributed by atoms with Crippen LogP contribution in [0.1, 0.15) is 32.8 Å². The third-order valence-electron chi connectivity index (χ3n) is 2.57. The van der Waals surface area contributed by atoms with Crippen molar-refractivity contribution in [3.63, 3.8) is 0 Å². The maximum absolute atomic E-state index is 11.6. The van der Waals surface area contributed by atoms with Crippen molar-refractivity contribution in [2.75, 3.05) is 6.61 Å². The van der Waals surface area contributed by atoms with Crippen molar-refractivity contribution in [2.45, 2.75) is 34.1 Å². The lowest BCUT2D eigenvalue weighted by molar-refractivity contribution is -0.123. The molecule has 20 heavy (non-hydrogen) atoms. The lowest BCUT2D eigenvalue weighted by Crippen LogP contribution is -2.25. The average Bonchev–Trinajstić information content (AvgIpc) is 2.34. The highest BCUT2D eigenvalue weighted by Gasteiger charge is 2.05. The number of nitrogens with one attached hydrogen (secondary N) is 1. The highest BCUT2D eigenvalue weighted by molar-refractivity contribution is 6.30. The Bertz CT molecular complexity index is 499. The van der Waals surface area contributed by atoms with Crippen molar-refractivity contribution in [3.8, 4) is 5.75 Å². The number of halogens is 1. The van der Waals surface area contributed by atoms with Crippen LogP contribution in [-0.4, -0.2) is 18.2 Å². The minimum absolute atomic E-state index is 0.0685. The predicted molar refractivity (Wildman–Crippen MR) is 82.4 cm³/mol. The summed E-state index contributed by atoms with van der Waals surface area (Å²) in [5, 5.41) is 4.68.